The number of sulfonamides is 1. The maximum absolute atomic E-state index is 12.4. The molecular weight excluding hydrogens is 352 g/mol. The van der Waals surface area contributed by atoms with E-state index in [9.17, 15) is 8.42 Å². The molecule has 1 N–H and O–H groups in total. The van der Waals surface area contributed by atoms with Gasteiger partial charge in [-0.1, -0.05) is 12.1 Å². The number of halogens is 1. The predicted octanol–water partition coefficient (Wildman–Crippen LogP) is 3.74. The summed E-state index contributed by atoms with van der Waals surface area (Å²) in [7, 11) is -3.73. The van der Waals surface area contributed by atoms with E-state index in [1.807, 2.05) is 32.0 Å². The molecule has 0 aliphatic carbocycles. The van der Waals surface area contributed by atoms with Crippen LogP contribution in [0.5, 0.6) is 0 Å². The van der Waals surface area contributed by atoms with Crippen LogP contribution < -0.4 is 4.72 Å². The summed E-state index contributed by atoms with van der Waals surface area (Å²) >= 11 is 3.37. The summed E-state index contributed by atoms with van der Waals surface area (Å²) in [6.07, 6.45) is 0. The van der Waals surface area contributed by atoms with Gasteiger partial charge in [0.25, 0.3) is 10.0 Å². The third-order valence-electron chi connectivity index (χ3n) is 2.94. The lowest BCUT2D eigenvalue weighted by atomic mass is 10.1. The van der Waals surface area contributed by atoms with Gasteiger partial charge in [0.15, 0.2) is 0 Å². The average Bonchev–Trinajstić information content (AvgIpc) is 2.43. The molecule has 0 amide bonds. The molecule has 2 aromatic carbocycles. The van der Waals surface area contributed by atoms with Gasteiger partial charge < -0.3 is 0 Å². The highest BCUT2D eigenvalue weighted by molar-refractivity contribution is 9.10. The molecule has 0 radical (unpaired) electrons. The number of benzene rings is 2. The number of nitrogens with zero attached hydrogens (tertiary/aromatic N) is 1. The minimum absolute atomic E-state index is 0.0634. The Kier molecular flexibility index (Phi) is 4.35. The second-order valence-electron chi connectivity index (χ2n) is 4.68. The summed E-state index contributed by atoms with van der Waals surface area (Å²) in [5, 5.41) is 8.86. The van der Waals surface area contributed by atoms with Gasteiger partial charge in [-0.05, 0) is 65.2 Å². The number of hydrogen-bond acceptors (Lipinski definition) is 3. The van der Waals surface area contributed by atoms with Gasteiger partial charge in [-0.2, -0.15) is 5.26 Å². The maximum Gasteiger partial charge on any atom is 0.261 e. The Bertz CT molecular complexity index is 816. The van der Waals surface area contributed by atoms with E-state index in [-0.39, 0.29) is 4.90 Å². The largest absolute Gasteiger partial charge is 0.278 e. The highest BCUT2D eigenvalue weighted by atomic mass is 79.9. The van der Waals surface area contributed by atoms with Crippen molar-refractivity contribution >= 4 is 31.6 Å². The van der Waals surface area contributed by atoms with E-state index in [0.29, 0.717) is 15.7 Å². The number of rotatable bonds is 3. The van der Waals surface area contributed by atoms with Crippen LogP contribution in [0.4, 0.5) is 5.69 Å². The van der Waals surface area contributed by atoms with Crippen molar-refractivity contribution < 1.29 is 8.42 Å². The van der Waals surface area contributed by atoms with Crippen LogP contribution in [0, 0.1) is 25.2 Å². The predicted molar refractivity (Wildman–Crippen MR) is 85.6 cm³/mol. The second-order valence-corrected chi connectivity index (χ2v) is 7.22. The van der Waals surface area contributed by atoms with Crippen molar-refractivity contribution in [1.82, 2.24) is 0 Å². The zero-order chi connectivity index (χ0) is 15.6. The molecule has 2 aromatic rings. The molecule has 0 aliphatic heterocycles. The van der Waals surface area contributed by atoms with Crippen molar-refractivity contribution in [3.05, 3.63) is 57.6 Å². The number of nitriles is 1. The third-order valence-corrected chi connectivity index (χ3v) is 4.91. The normalized spacial score (nSPS) is 11.0. The zero-order valence-electron chi connectivity index (χ0n) is 11.5. The SMILES string of the molecule is Cc1cc(C)c(NS(=O)(=O)c2cccc(C#N)c2)c(Br)c1. The summed E-state index contributed by atoms with van der Waals surface area (Å²) in [4.78, 5) is 0.0634. The summed E-state index contributed by atoms with van der Waals surface area (Å²) in [6.45, 7) is 3.77. The number of nitrogens with one attached hydrogen (secondary N) is 1. The Hall–Kier alpha value is -1.84. The molecule has 6 heteroatoms. The van der Waals surface area contributed by atoms with Crippen LogP contribution in [-0.2, 0) is 10.0 Å². The van der Waals surface area contributed by atoms with Crippen molar-refractivity contribution in [1.29, 1.82) is 5.26 Å². The molecule has 0 saturated carbocycles. The molecule has 0 bridgehead atoms. The van der Waals surface area contributed by atoms with Crippen molar-refractivity contribution in [3.8, 4) is 6.07 Å². The first-order chi connectivity index (χ1) is 9.83. The second kappa shape index (κ2) is 5.88. The van der Waals surface area contributed by atoms with Crippen molar-refractivity contribution in [2.24, 2.45) is 0 Å². The lowest BCUT2D eigenvalue weighted by Crippen LogP contribution is -2.14. The number of anilines is 1. The van der Waals surface area contributed by atoms with Crippen LogP contribution in [0.15, 0.2) is 45.8 Å². The first kappa shape index (κ1) is 15.5. The first-order valence-electron chi connectivity index (χ1n) is 6.13. The van der Waals surface area contributed by atoms with Gasteiger partial charge in [-0.15, -0.1) is 0 Å². The van der Waals surface area contributed by atoms with E-state index in [1.54, 1.807) is 12.1 Å². The fourth-order valence-electron chi connectivity index (χ4n) is 1.97. The number of hydrogen-bond donors (Lipinski definition) is 1. The average molecular weight is 365 g/mol. The van der Waals surface area contributed by atoms with Crippen LogP contribution in [0.1, 0.15) is 16.7 Å². The molecular formula is C15H13BrN2O2S. The Labute approximate surface area is 132 Å². The van der Waals surface area contributed by atoms with Crippen molar-refractivity contribution in [2.45, 2.75) is 18.7 Å². The molecule has 4 nitrogen and oxygen atoms in total. The highest BCUT2D eigenvalue weighted by Gasteiger charge is 2.17. The lowest BCUT2D eigenvalue weighted by molar-refractivity contribution is 0.601. The summed E-state index contributed by atoms with van der Waals surface area (Å²) in [6, 6.07) is 11.6. The first-order valence-corrected chi connectivity index (χ1v) is 8.41. The lowest BCUT2D eigenvalue weighted by Gasteiger charge is -2.13. The molecule has 0 saturated heterocycles. The summed E-state index contributed by atoms with van der Waals surface area (Å²) < 4.78 is 28.1. The van der Waals surface area contributed by atoms with Crippen LogP contribution in [0.3, 0.4) is 0 Å². The zero-order valence-corrected chi connectivity index (χ0v) is 13.9. The van der Waals surface area contributed by atoms with E-state index in [2.05, 4.69) is 20.7 Å². The van der Waals surface area contributed by atoms with E-state index >= 15 is 0 Å². The molecule has 0 spiro atoms. The Morgan fingerprint density at radius 2 is 1.90 bits per heavy atom. The fraction of sp³-hybridized carbons (Fsp3) is 0.133. The van der Waals surface area contributed by atoms with Crippen molar-refractivity contribution in [3.63, 3.8) is 0 Å². The monoisotopic (exact) mass is 364 g/mol. The molecule has 0 atom stereocenters. The number of aryl methyl sites for hydroxylation is 2. The topological polar surface area (TPSA) is 70.0 Å². The molecule has 0 aliphatic rings. The van der Waals surface area contributed by atoms with E-state index in [4.69, 9.17) is 5.26 Å². The third kappa shape index (κ3) is 3.43. The molecule has 0 aromatic heterocycles. The van der Waals surface area contributed by atoms with Gasteiger partial charge in [0.1, 0.15) is 0 Å². The van der Waals surface area contributed by atoms with Crippen LogP contribution in [-0.4, -0.2) is 8.42 Å². The molecule has 2 rings (SSSR count). The smallest absolute Gasteiger partial charge is 0.261 e. The highest BCUT2D eigenvalue weighted by Crippen LogP contribution is 2.30. The molecule has 0 fully saturated rings. The van der Waals surface area contributed by atoms with Crippen molar-refractivity contribution in [2.75, 3.05) is 4.72 Å². The minimum atomic E-state index is -3.73. The molecule has 0 heterocycles. The van der Waals surface area contributed by atoms with Crippen LogP contribution in [0.2, 0.25) is 0 Å². The molecule has 0 unspecified atom stereocenters. The Morgan fingerprint density at radius 1 is 1.19 bits per heavy atom. The van der Waals surface area contributed by atoms with Gasteiger partial charge in [0.2, 0.25) is 0 Å². The molecule has 108 valence electrons. The summed E-state index contributed by atoms with van der Waals surface area (Å²) in [5.74, 6) is 0. The van der Waals surface area contributed by atoms with E-state index in [1.165, 1.54) is 12.1 Å². The maximum atomic E-state index is 12.4. The van der Waals surface area contributed by atoms with Crippen LogP contribution in [0.25, 0.3) is 0 Å². The fourth-order valence-corrected chi connectivity index (χ4v) is 4.07. The summed E-state index contributed by atoms with van der Waals surface area (Å²) in [5.41, 5.74) is 2.66. The molecule has 21 heavy (non-hydrogen) atoms. The van der Waals surface area contributed by atoms with E-state index < -0.39 is 10.0 Å². The van der Waals surface area contributed by atoms with Gasteiger partial charge in [-0.25, -0.2) is 8.42 Å². The van der Waals surface area contributed by atoms with Crippen LogP contribution >= 0.6 is 15.9 Å². The van der Waals surface area contributed by atoms with Gasteiger partial charge in [0.05, 0.1) is 22.2 Å². The van der Waals surface area contributed by atoms with E-state index in [0.717, 1.165) is 11.1 Å². The Morgan fingerprint density at radius 3 is 2.52 bits per heavy atom. The minimum Gasteiger partial charge on any atom is -0.278 e. The Balaban J connectivity index is 2.45. The van der Waals surface area contributed by atoms with Gasteiger partial charge >= 0.3 is 0 Å². The quantitative estimate of drug-likeness (QED) is 0.901. The van der Waals surface area contributed by atoms with Gasteiger partial charge in [-0.3, -0.25) is 4.72 Å². The standard InChI is InChI=1S/C15H13BrN2O2S/c1-10-6-11(2)15(14(16)7-10)18-21(19,20)13-5-3-4-12(8-13)9-17/h3-8,18H,1-2H3. The van der Waals surface area contributed by atoms with Gasteiger partial charge in [0, 0.05) is 4.47 Å².